The zero-order chi connectivity index (χ0) is 12.6. The number of nitrogens with zero attached hydrogens (tertiary/aromatic N) is 4. The standard InChI is InChI=1S/C11H18N4O2/c1-11(2,3)17-10(16)15-6-7-4-8(13-14-12)9(15)5-7/h7-9H,4-6H2,1-3H3/t7?,8-,9?/m0/s1. The normalized spacial score (nSPS) is 31.2. The van der Waals surface area contributed by atoms with Crippen LogP contribution >= 0.6 is 0 Å². The zero-order valence-corrected chi connectivity index (χ0v) is 10.5. The molecule has 1 aliphatic heterocycles. The topological polar surface area (TPSA) is 78.3 Å². The SMILES string of the molecule is CC(C)(C)OC(=O)N1CC2CC1[C@@H](N=[N+]=[N-])C2. The van der Waals surface area contributed by atoms with Crippen molar-refractivity contribution in [2.24, 2.45) is 11.0 Å². The van der Waals surface area contributed by atoms with E-state index in [4.69, 9.17) is 10.3 Å². The van der Waals surface area contributed by atoms with Crippen molar-refractivity contribution in [2.45, 2.75) is 51.3 Å². The molecular weight excluding hydrogens is 220 g/mol. The van der Waals surface area contributed by atoms with Gasteiger partial charge < -0.3 is 9.64 Å². The fourth-order valence-electron chi connectivity index (χ4n) is 2.71. The summed E-state index contributed by atoms with van der Waals surface area (Å²) in [5.41, 5.74) is 8.01. The highest BCUT2D eigenvalue weighted by Gasteiger charge is 2.47. The molecule has 2 aliphatic rings. The van der Waals surface area contributed by atoms with Crippen LogP contribution in [-0.4, -0.2) is 35.2 Å². The lowest BCUT2D eigenvalue weighted by Crippen LogP contribution is -2.46. The minimum atomic E-state index is -0.479. The molecule has 6 heteroatoms. The molecule has 1 saturated heterocycles. The summed E-state index contributed by atoms with van der Waals surface area (Å²) in [6.45, 7) is 6.29. The van der Waals surface area contributed by atoms with Gasteiger partial charge in [-0.2, -0.15) is 0 Å². The Morgan fingerprint density at radius 1 is 1.47 bits per heavy atom. The molecule has 3 atom stereocenters. The second-order valence-electron chi connectivity index (χ2n) is 5.81. The number of ether oxygens (including phenoxy) is 1. The summed E-state index contributed by atoms with van der Waals surface area (Å²) >= 11 is 0. The zero-order valence-electron chi connectivity index (χ0n) is 10.5. The summed E-state index contributed by atoms with van der Waals surface area (Å²) in [6.07, 6.45) is 1.54. The van der Waals surface area contributed by atoms with Gasteiger partial charge in [-0.3, -0.25) is 0 Å². The molecule has 6 nitrogen and oxygen atoms in total. The molecule has 1 saturated carbocycles. The van der Waals surface area contributed by atoms with Crippen LogP contribution in [0.3, 0.4) is 0 Å². The number of fused-ring (bicyclic) bond motifs is 2. The average Bonchev–Trinajstić information content (AvgIpc) is 2.74. The minimum absolute atomic E-state index is 0.0331. The third-order valence-electron chi connectivity index (χ3n) is 3.28. The lowest BCUT2D eigenvalue weighted by Gasteiger charge is -2.32. The molecule has 1 heterocycles. The first kappa shape index (κ1) is 12.0. The predicted octanol–water partition coefficient (Wildman–Crippen LogP) is 2.69. The number of carbonyl (C=O) groups excluding carboxylic acids is 1. The highest BCUT2D eigenvalue weighted by molar-refractivity contribution is 5.69. The summed E-state index contributed by atoms with van der Waals surface area (Å²) < 4.78 is 5.35. The maximum absolute atomic E-state index is 12.0. The fraction of sp³-hybridized carbons (Fsp3) is 0.909. The number of carbonyl (C=O) groups is 1. The van der Waals surface area contributed by atoms with Crippen LogP contribution in [0.5, 0.6) is 0 Å². The number of piperidine rings is 1. The lowest BCUT2D eigenvalue weighted by atomic mass is 10.1. The highest BCUT2D eigenvalue weighted by atomic mass is 16.6. The van der Waals surface area contributed by atoms with Gasteiger partial charge in [-0.25, -0.2) is 4.79 Å². The van der Waals surface area contributed by atoms with E-state index >= 15 is 0 Å². The minimum Gasteiger partial charge on any atom is -0.444 e. The van der Waals surface area contributed by atoms with Gasteiger partial charge in [-0.15, -0.1) is 0 Å². The second-order valence-corrected chi connectivity index (χ2v) is 5.81. The summed E-state index contributed by atoms with van der Waals surface area (Å²) in [5.74, 6) is 0.461. The molecule has 0 aromatic heterocycles. The quantitative estimate of drug-likeness (QED) is 0.400. The molecule has 0 N–H and O–H groups in total. The van der Waals surface area contributed by atoms with Gasteiger partial charge in [-0.1, -0.05) is 5.11 Å². The average molecular weight is 238 g/mol. The van der Waals surface area contributed by atoms with Crippen LogP contribution < -0.4 is 0 Å². The van der Waals surface area contributed by atoms with Gasteiger partial charge in [0, 0.05) is 17.5 Å². The van der Waals surface area contributed by atoms with Gasteiger partial charge in [0.25, 0.3) is 0 Å². The molecule has 2 fully saturated rings. The molecule has 1 amide bonds. The summed E-state index contributed by atoms with van der Waals surface area (Å²) in [7, 11) is 0. The number of rotatable bonds is 1. The molecule has 2 rings (SSSR count). The first-order valence-corrected chi connectivity index (χ1v) is 5.94. The molecule has 2 unspecified atom stereocenters. The van der Waals surface area contributed by atoms with Gasteiger partial charge in [0.2, 0.25) is 0 Å². The van der Waals surface area contributed by atoms with E-state index in [1.165, 1.54) is 0 Å². The van der Waals surface area contributed by atoms with Crippen LogP contribution in [-0.2, 0) is 4.74 Å². The molecule has 2 bridgehead atoms. The monoisotopic (exact) mass is 238 g/mol. The number of hydrogen-bond acceptors (Lipinski definition) is 3. The smallest absolute Gasteiger partial charge is 0.410 e. The summed E-state index contributed by atoms with van der Waals surface area (Å²) in [6, 6.07) is -0.0444. The van der Waals surface area contributed by atoms with Crippen LogP contribution in [0, 0.1) is 5.92 Å². The van der Waals surface area contributed by atoms with Gasteiger partial charge in [0.1, 0.15) is 5.60 Å². The number of amides is 1. The first-order chi connectivity index (χ1) is 7.90. The Hall–Kier alpha value is -1.42. The van der Waals surface area contributed by atoms with Crippen LogP contribution in [0.15, 0.2) is 5.11 Å². The number of hydrogen-bond donors (Lipinski definition) is 0. The largest absolute Gasteiger partial charge is 0.444 e. The van der Waals surface area contributed by atoms with E-state index in [9.17, 15) is 4.79 Å². The van der Waals surface area contributed by atoms with E-state index < -0.39 is 5.60 Å². The Kier molecular flexibility index (Phi) is 2.91. The van der Waals surface area contributed by atoms with Crippen LogP contribution in [0.4, 0.5) is 4.79 Å². The maximum Gasteiger partial charge on any atom is 0.410 e. The Morgan fingerprint density at radius 3 is 2.71 bits per heavy atom. The lowest BCUT2D eigenvalue weighted by molar-refractivity contribution is 0.0173. The third-order valence-corrected chi connectivity index (χ3v) is 3.28. The number of azide groups is 1. The Balaban J connectivity index is 2.04. The molecule has 0 aromatic rings. The molecule has 0 aromatic carbocycles. The van der Waals surface area contributed by atoms with Gasteiger partial charge in [0.05, 0.1) is 6.04 Å². The van der Waals surface area contributed by atoms with E-state index in [1.807, 2.05) is 20.8 Å². The van der Waals surface area contributed by atoms with E-state index in [1.54, 1.807) is 4.90 Å². The molecular formula is C11H18N4O2. The van der Waals surface area contributed by atoms with Crippen molar-refractivity contribution in [3.8, 4) is 0 Å². The van der Waals surface area contributed by atoms with Crippen molar-refractivity contribution >= 4 is 6.09 Å². The molecule has 0 spiro atoms. The Bertz CT molecular complexity index is 370. The van der Waals surface area contributed by atoms with E-state index in [0.29, 0.717) is 5.92 Å². The van der Waals surface area contributed by atoms with E-state index in [-0.39, 0.29) is 18.2 Å². The second kappa shape index (κ2) is 4.11. The van der Waals surface area contributed by atoms with Crippen molar-refractivity contribution < 1.29 is 9.53 Å². The predicted molar refractivity (Wildman–Crippen MR) is 62.4 cm³/mol. The fourth-order valence-corrected chi connectivity index (χ4v) is 2.71. The molecule has 0 radical (unpaired) electrons. The van der Waals surface area contributed by atoms with E-state index in [2.05, 4.69) is 10.0 Å². The van der Waals surface area contributed by atoms with Crippen molar-refractivity contribution in [2.75, 3.05) is 6.54 Å². The molecule has 94 valence electrons. The summed E-state index contributed by atoms with van der Waals surface area (Å²) in [4.78, 5) is 16.5. The van der Waals surface area contributed by atoms with Crippen LogP contribution in [0.25, 0.3) is 10.4 Å². The number of likely N-dealkylation sites (tertiary alicyclic amines) is 1. The Morgan fingerprint density at radius 2 is 2.18 bits per heavy atom. The van der Waals surface area contributed by atoms with Gasteiger partial charge in [-0.05, 0) is 45.1 Å². The summed E-state index contributed by atoms with van der Waals surface area (Å²) in [5, 5.41) is 3.77. The van der Waals surface area contributed by atoms with Crippen molar-refractivity contribution in [3.63, 3.8) is 0 Å². The highest BCUT2D eigenvalue weighted by Crippen LogP contribution is 2.40. The van der Waals surface area contributed by atoms with Gasteiger partial charge >= 0.3 is 6.09 Å². The van der Waals surface area contributed by atoms with Crippen molar-refractivity contribution in [1.29, 1.82) is 0 Å². The first-order valence-electron chi connectivity index (χ1n) is 5.94. The van der Waals surface area contributed by atoms with Crippen molar-refractivity contribution in [3.05, 3.63) is 10.4 Å². The van der Waals surface area contributed by atoms with E-state index in [0.717, 1.165) is 19.4 Å². The van der Waals surface area contributed by atoms with Gasteiger partial charge in [0.15, 0.2) is 0 Å². The molecule has 17 heavy (non-hydrogen) atoms. The third kappa shape index (κ3) is 2.47. The maximum atomic E-state index is 12.0. The van der Waals surface area contributed by atoms with Crippen LogP contribution in [0.1, 0.15) is 33.6 Å². The van der Waals surface area contributed by atoms with Crippen molar-refractivity contribution in [1.82, 2.24) is 4.90 Å². The van der Waals surface area contributed by atoms with Crippen LogP contribution in [0.2, 0.25) is 0 Å². The molecule has 1 aliphatic carbocycles. The Labute approximate surface area is 101 Å².